The molecule has 5 unspecified atom stereocenters. The van der Waals surface area contributed by atoms with Crippen LogP contribution in [0.3, 0.4) is 0 Å². The highest BCUT2D eigenvalue weighted by atomic mass is 16.7. The number of benzene rings is 2. The van der Waals surface area contributed by atoms with E-state index in [0.717, 1.165) is 29.5 Å². The number of imidazole rings is 1. The predicted octanol–water partition coefficient (Wildman–Crippen LogP) is 3.89. The van der Waals surface area contributed by atoms with Crippen LogP contribution in [0.15, 0.2) is 61.1 Å². The molecule has 7 atom stereocenters. The average molecular weight is 561 g/mol. The Kier molecular flexibility index (Phi) is 7.63. The molecule has 4 N–H and O–H groups in total. The van der Waals surface area contributed by atoms with Gasteiger partial charge in [0.1, 0.15) is 11.7 Å². The number of aliphatic hydroxyl groups excluding tert-OH is 2. The van der Waals surface area contributed by atoms with Crippen LogP contribution in [0.4, 0.5) is 5.69 Å². The van der Waals surface area contributed by atoms with Gasteiger partial charge in [-0.05, 0) is 53.5 Å². The number of nitrogens with one attached hydrogen (secondary N) is 2. The van der Waals surface area contributed by atoms with E-state index in [2.05, 4.69) is 36.1 Å². The first-order valence-corrected chi connectivity index (χ1v) is 14.6. The standard InChI is InChI=1S/C32H40N4O5/c1-32(2,3)21-9-11-22(12-10-21)36(30(39)24-17-33-18-34-24)28(26-13-8-19-14-15-40-31(19)41-26)29(38)35-27-23-7-5-4-6-20(23)16-25(27)37/h4-7,9-12,17-19,25-28,30-31,37,39H,8,13-16H2,1-3H3,(H,33,34)(H,35,38)/t19?,25-,26?,27+,28?,30?,31?/m0/s1. The van der Waals surface area contributed by atoms with E-state index in [1.807, 2.05) is 48.5 Å². The fraction of sp³-hybridized carbons (Fsp3) is 0.500. The molecule has 2 saturated heterocycles. The molecule has 41 heavy (non-hydrogen) atoms. The van der Waals surface area contributed by atoms with Crippen molar-refractivity contribution in [1.29, 1.82) is 0 Å². The smallest absolute Gasteiger partial charge is 0.246 e. The predicted molar refractivity (Wildman–Crippen MR) is 154 cm³/mol. The first-order valence-electron chi connectivity index (χ1n) is 14.6. The number of aliphatic hydroxyl groups is 2. The normalized spacial score (nSPS) is 27.1. The van der Waals surface area contributed by atoms with Crippen molar-refractivity contribution in [1.82, 2.24) is 15.3 Å². The third-order valence-corrected chi connectivity index (χ3v) is 8.79. The lowest BCUT2D eigenvalue weighted by Crippen LogP contribution is -2.58. The molecular weight excluding hydrogens is 520 g/mol. The van der Waals surface area contributed by atoms with Crippen LogP contribution in [0.25, 0.3) is 0 Å². The van der Waals surface area contributed by atoms with Crippen molar-refractivity contribution in [2.24, 2.45) is 5.92 Å². The second-order valence-electron chi connectivity index (χ2n) is 12.5. The summed E-state index contributed by atoms with van der Waals surface area (Å²) in [5.41, 5.74) is 4.06. The highest BCUT2D eigenvalue weighted by molar-refractivity contribution is 5.87. The molecule has 0 radical (unpaired) electrons. The van der Waals surface area contributed by atoms with Crippen LogP contribution in [-0.4, -0.2) is 57.2 Å². The fourth-order valence-electron chi connectivity index (χ4n) is 6.49. The second kappa shape index (κ2) is 11.2. The highest BCUT2D eigenvalue weighted by Crippen LogP contribution is 2.39. The molecule has 218 valence electrons. The second-order valence-corrected chi connectivity index (χ2v) is 12.5. The minimum atomic E-state index is -1.23. The van der Waals surface area contributed by atoms with Crippen molar-refractivity contribution in [3.63, 3.8) is 0 Å². The van der Waals surface area contributed by atoms with Gasteiger partial charge >= 0.3 is 0 Å². The van der Waals surface area contributed by atoms with Crippen molar-refractivity contribution in [2.45, 2.75) is 88.7 Å². The molecule has 3 aliphatic rings. The van der Waals surface area contributed by atoms with E-state index in [9.17, 15) is 15.0 Å². The Labute approximate surface area is 240 Å². The van der Waals surface area contributed by atoms with Gasteiger partial charge in [-0.15, -0.1) is 0 Å². The first kappa shape index (κ1) is 27.9. The summed E-state index contributed by atoms with van der Waals surface area (Å²) in [5.74, 6) is -0.0315. The Morgan fingerprint density at radius 2 is 1.90 bits per heavy atom. The van der Waals surface area contributed by atoms with E-state index in [-0.39, 0.29) is 17.6 Å². The van der Waals surface area contributed by atoms with Gasteiger partial charge in [0.25, 0.3) is 0 Å². The molecule has 1 aliphatic carbocycles. The minimum absolute atomic E-state index is 0.0613. The third kappa shape index (κ3) is 5.51. The van der Waals surface area contributed by atoms with Gasteiger partial charge in [-0.2, -0.15) is 0 Å². The van der Waals surface area contributed by atoms with Crippen LogP contribution < -0.4 is 10.2 Å². The molecule has 9 nitrogen and oxygen atoms in total. The summed E-state index contributed by atoms with van der Waals surface area (Å²) >= 11 is 0. The van der Waals surface area contributed by atoms with Gasteiger partial charge < -0.3 is 34.9 Å². The number of rotatable bonds is 7. The molecule has 0 bridgehead atoms. The lowest BCUT2D eigenvalue weighted by Gasteiger charge is -2.43. The van der Waals surface area contributed by atoms with Gasteiger partial charge in [-0.1, -0.05) is 57.2 Å². The summed E-state index contributed by atoms with van der Waals surface area (Å²) < 4.78 is 12.4. The van der Waals surface area contributed by atoms with E-state index in [0.29, 0.717) is 36.7 Å². The van der Waals surface area contributed by atoms with Gasteiger partial charge in [0.15, 0.2) is 12.5 Å². The molecule has 1 aromatic heterocycles. The number of amides is 1. The van der Waals surface area contributed by atoms with E-state index in [1.54, 1.807) is 11.1 Å². The quantitative estimate of drug-likeness (QED) is 0.324. The number of hydrogen-bond acceptors (Lipinski definition) is 7. The number of aromatic amines is 1. The van der Waals surface area contributed by atoms with Crippen LogP contribution in [0.1, 0.15) is 74.7 Å². The number of ether oxygens (including phenoxy) is 2. The van der Waals surface area contributed by atoms with E-state index in [4.69, 9.17) is 9.47 Å². The monoisotopic (exact) mass is 560 g/mol. The number of nitrogens with zero attached hydrogens (tertiary/aromatic N) is 2. The topological polar surface area (TPSA) is 120 Å². The molecule has 1 amide bonds. The largest absolute Gasteiger partial charge is 0.390 e. The SMILES string of the molecule is CC(C)(C)c1ccc(N(C(O)c2c[nH]cn2)C(C(=O)N[C@@H]2c3ccccc3C[C@@H]2O)C2CCC3CCOC3O2)cc1. The first-order chi connectivity index (χ1) is 19.7. The van der Waals surface area contributed by atoms with Crippen LogP contribution in [0.2, 0.25) is 0 Å². The van der Waals surface area contributed by atoms with Crippen molar-refractivity contribution in [3.8, 4) is 0 Å². The van der Waals surface area contributed by atoms with Gasteiger partial charge in [0, 0.05) is 24.2 Å². The minimum Gasteiger partial charge on any atom is -0.390 e. The maximum Gasteiger partial charge on any atom is 0.246 e. The van der Waals surface area contributed by atoms with Crippen molar-refractivity contribution >= 4 is 11.6 Å². The number of anilines is 1. The molecule has 3 aromatic rings. The number of aromatic nitrogens is 2. The molecule has 0 spiro atoms. The van der Waals surface area contributed by atoms with Gasteiger partial charge in [0.05, 0.1) is 31.2 Å². The molecule has 2 aliphatic heterocycles. The van der Waals surface area contributed by atoms with E-state index in [1.165, 1.54) is 6.33 Å². The zero-order valence-corrected chi connectivity index (χ0v) is 23.9. The Morgan fingerprint density at radius 1 is 1.12 bits per heavy atom. The lowest BCUT2D eigenvalue weighted by atomic mass is 9.87. The fourth-order valence-corrected chi connectivity index (χ4v) is 6.49. The molecule has 3 heterocycles. The Hall–Kier alpha value is -3.24. The van der Waals surface area contributed by atoms with E-state index >= 15 is 0 Å². The van der Waals surface area contributed by atoms with Crippen molar-refractivity contribution < 1.29 is 24.5 Å². The maximum absolute atomic E-state index is 14.4. The summed E-state index contributed by atoms with van der Waals surface area (Å²) in [6.45, 7) is 7.07. The number of carbonyl (C=O) groups excluding carboxylic acids is 1. The Balaban J connectivity index is 1.40. The average Bonchev–Trinajstić information content (AvgIpc) is 3.72. The summed E-state index contributed by atoms with van der Waals surface area (Å²) in [6.07, 6.45) is 3.13. The Bertz CT molecular complexity index is 1340. The summed E-state index contributed by atoms with van der Waals surface area (Å²) in [7, 11) is 0. The van der Waals surface area contributed by atoms with Gasteiger partial charge in [-0.25, -0.2) is 4.98 Å². The molecular formula is C32H40N4O5. The van der Waals surface area contributed by atoms with Gasteiger partial charge in [0.2, 0.25) is 5.91 Å². The highest BCUT2D eigenvalue weighted by Gasteiger charge is 2.46. The number of hydrogen-bond donors (Lipinski definition) is 4. The number of H-pyrrole nitrogens is 1. The maximum atomic E-state index is 14.4. The lowest BCUT2D eigenvalue weighted by molar-refractivity contribution is -0.193. The van der Waals surface area contributed by atoms with Crippen molar-refractivity contribution in [2.75, 3.05) is 11.5 Å². The van der Waals surface area contributed by atoms with Crippen LogP contribution in [0.5, 0.6) is 0 Å². The molecule has 2 aromatic carbocycles. The van der Waals surface area contributed by atoms with Crippen LogP contribution in [-0.2, 0) is 26.1 Å². The van der Waals surface area contributed by atoms with Crippen molar-refractivity contribution in [3.05, 3.63) is 83.4 Å². The third-order valence-electron chi connectivity index (χ3n) is 8.79. The molecule has 0 saturated carbocycles. The molecule has 9 heteroatoms. The van der Waals surface area contributed by atoms with E-state index < -0.39 is 30.5 Å². The number of fused-ring (bicyclic) bond motifs is 2. The Morgan fingerprint density at radius 3 is 2.63 bits per heavy atom. The van der Waals surface area contributed by atoms with Crippen LogP contribution >= 0.6 is 0 Å². The van der Waals surface area contributed by atoms with Crippen LogP contribution in [0, 0.1) is 5.92 Å². The summed E-state index contributed by atoms with van der Waals surface area (Å²) in [5, 5.41) is 25.9. The number of carbonyl (C=O) groups is 1. The zero-order valence-electron chi connectivity index (χ0n) is 23.9. The molecule has 6 rings (SSSR count). The van der Waals surface area contributed by atoms with Gasteiger partial charge in [-0.3, -0.25) is 4.79 Å². The zero-order chi connectivity index (χ0) is 28.7. The molecule has 2 fully saturated rings. The summed E-state index contributed by atoms with van der Waals surface area (Å²) in [6, 6.07) is 14.2. The summed E-state index contributed by atoms with van der Waals surface area (Å²) in [4.78, 5) is 23.4.